The molecule has 0 aromatic carbocycles. The molecule has 0 aromatic heterocycles. The molecule has 1 fully saturated rings. The van der Waals surface area contributed by atoms with Crippen LogP contribution in [0.4, 0.5) is 0 Å². The van der Waals surface area contributed by atoms with Crippen LogP contribution in [0.25, 0.3) is 0 Å². The number of rotatable bonds is 3. The smallest absolute Gasteiger partial charge is 0.138 e. The van der Waals surface area contributed by atoms with Crippen LogP contribution in [0.1, 0.15) is 13.3 Å². The molecule has 0 bridgehead atoms. The number of nitrogens with zero attached hydrogens (tertiary/aromatic N) is 2. The molecule has 1 rings (SSSR count). The van der Waals surface area contributed by atoms with E-state index in [1.165, 1.54) is 39.1 Å². The lowest BCUT2D eigenvalue weighted by molar-refractivity contribution is 0.142. The zero-order valence-corrected chi connectivity index (χ0v) is 7.55. The van der Waals surface area contributed by atoms with Crippen LogP contribution in [0.15, 0.2) is 0 Å². The molecule has 1 aliphatic heterocycles. The third-order valence-corrected chi connectivity index (χ3v) is 2.32. The standard InChI is InChI=1S/C9H19N2/c1-3-5-11-8-6-10(4-2)7-9-11/h2-9H2,1H3/q+1. The molecule has 2 heteroatoms. The Morgan fingerprint density at radius 1 is 1.09 bits per heavy atom. The van der Waals surface area contributed by atoms with Gasteiger partial charge in [0.05, 0.1) is 6.92 Å². The summed E-state index contributed by atoms with van der Waals surface area (Å²) in [4.78, 5) is 4.94. The first-order valence-electron chi connectivity index (χ1n) is 4.60. The van der Waals surface area contributed by atoms with Crippen LogP contribution in [-0.4, -0.2) is 49.1 Å². The molecule has 1 heterocycles. The third kappa shape index (κ3) is 2.72. The van der Waals surface area contributed by atoms with Gasteiger partial charge in [0.1, 0.15) is 6.54 Å². The second-order valence-electron chi connectivity index (χ2n) is 3.18. The lowest BCUT2D eigenvalue weighted by Crippen LogP contribution is -2.46. The fourth-order valence-corrected chi connectivity index (χ4v) is 1.55. The van der Waals surface area contributed by atoms with Gasteiger partial charge in [0.15, 0.2) is 0 Å². The van der Waals surface area contributed by atoms with Crippen LogP contribution in [-0.2, 0) is 0 Å². The maximum Gasteiger partial charge on any atom is 0.138 e. The third-order valence-electron chi connectivity index (χ3n) is 2.32. The van der Waals surface area contributed by atoms with Gasteiger partial charge in [-0.05, 0) is 13.0 Å². The van der Waals surface area contributed by atoms with E-state index in [9.17, 15) is 0 Å². The fourth-order valence-electron chi connectivity index (χ4n) is 1.55. The lowest BCUT2D eigenvalue weighted by Gasteiger charge is -2.32. The maximum atomic E-state index is 3.89. The van der Waals surface area contributed by atoms with Gasteiger partial charge in [0, 0.05) is 26.2 Å². The van der Waals surface area contributed by atoms with Gasteiger partial charge >= 0.3 is 0 Å². The van der Waals surface area contributed by atoms with E-state index in [-0.39, 0.29) is 0 Å². The molecular formula is C9H19N2+. The van der Waals surface area contributed by atoms with Crippen LogP contribution >= 0.6 is 0 Å². The van der Waals surface area contributed by atoms with Crippen molar-refractivity contribution in [1.82, 2.24) is 9.80 Å². The minimum Gasteiger partial charge on any atom is -0.301 e. The van der Waals surface area contributed by atoms with Crippen molar-refractivity contribution >= 4 is 0 Å². The molecular weight excluding hydrogens is 136 g/mol. The first kappa shape index (κ1) is 8.88. The highest BCUT2D eigenvalue weighted by Gasteiger charge is 2.15. The minimum atomic E-state index is 0.972. The average Bonchev–Trinajstić information content (AvgIpc) is 2.07. The summed E-state index contributed by atoms with van der Waals surface area (Å²) in [5.41, 5.74) is 0. The van der Waals surface area contributed by atoms with Crippen molar-refractivity contribution in [2.45, 2.75) is 13.3 Å². The Morgan fingerprint density at radius 2 is 1.64 bits per heavy atom. The van der Waals surface area contributed by atoms with Crippen molar-refractivity contribution in [3.8, 4) is 0 Å². The Balaban J connectivity index is 2.14. The van der Waals surface area contributed by atoms with Gasteiger partial charge in [-0.25, -0.2) is 0 Å². The highest BCUT2D eigenvalue weighted by molar-refractivity contribution is 4.71. The molecule has 0 amide bonds. The van der Waals surface area contributed by atoms with Gasteiger partial charge in [-0.1, -0.05) is 6.92 Å². The summed E-state index contributed by atoms with van der Waals surface area (Å²) in [6.07, 6.45) is 1.28. The van der Waals surface area contributed by atoms with Crippen LogP contribution in [0.2, 0.25) is 0 Å². The van der Waals surface area contributed by atoms with Crippen LogP contribution in [0, 0.1) is 6.92 Å². The Labute approximate surface area is 70.2 Å². The molecule has 2 nitrogen and oxygen atoms in total. The predicted molar refractivity (Wildman–Crippen MR) is 48.5 cm³/mol. The molecule has 0 atom stereocenters. The normalized spacial score (nSPS) is 22.3. The SMILES string of the molecule is [CH2+]CN1CCN(CCC)CC1. The van der Waals surface area contributed by atoms with E-state index >= 15 is 0 Å². The average molecular weight is 155 g/mol. The Hall–Kier alpha value is -0.210. The van der Waals surface area contributed by atoms with E-state index in [1.54, 1.807) is 0 Å². The second-order valence-corrected chi connectivity index (χ2v) is 3.18. The topological polar surface area (TPSA) is 6.48 Å². The van der Waals surface area contributed by atoms with Crippen molar-refractivity contribution in [2.75, 3.05) is 39.3 Å². The van der Waals surface area contributed by atoms with E-state index in [1.807, 2.05) is 0 Å². The summed E-state index contributed by atoms with van der Waals surface area (Å²) >= 11 is 0. The number of hydrogen-bond acceptors (Lipinski definition) is 2. The maximum absolute atomic E-state index is 3.89. The summed E-state index contributed by atoms with van der Waals surface area (Å²) in [6, 6.07) is 0. The van der Waals surface area contributed by atoms with Crippen molar-refractivity contribution in [3.05, 3.63) is 6.92 Å². The van der Waals surface area contributed by atoms with E-state index in [4.69, 9.17) is 0 Å². The predicted octanol–water partition coefficient (Wildman–Crippen LogP) is 0.848. The Morgan fingerprint density at radius 3 is 2.09 bits per heavy atom. The van der Waals surface area contributed by atoms with Crippen LogP contribution < -0.4 is 0 Å². The van der Waals surface area contributed by atoms with Gasteiger partial charge in [0.2, 0.25) is 0 Å². The first-order valence-corrected chi connectivity index (χ1v) is 4.60. The molecule has 0 aromatic rings. The van der Waals surface area contributed by atoms with Gasteiger partial charge in [-0.15, -0.1) is 0 Å². The van der Waals surface area contributed by atoms with Gasteiger partial charge < -0.3 is 4.90 Å². The second kappa shape index (κ2) is 4.62. The molecule has 1 aliphatic rings. The molecule has 1 saturated heterocycles. The summed E-state index contributed by atoms with van der Waals surface area (Å²) in [7, 11) is 0. The quantitative estimate of drug-likeness (QED) is 0.557. The number of piperazine rings is 1. The highest BCUT2D eigenvalue weighted by Crippen LogP contribution is 2.00. The van der Waals surface area contributed by atoms with E-state index in [2.05, 4.69) is 23.6 Å². The van der Waals surface area contributed by atoms with E-state index < -0.39 is 0 Å². The van der Waals surface area contributed by atoms with Gasteiger partial charge in [-0.3, -0.25) is 4.90 Å². The van der Waals surface area contributed by atoms with Crippen molar-refractivity contribution < 1.29 is 0 Å². The molecule has 0 N–H and O–H groups in total. The van der Waals surface area contributed by atoms with Crippen molar-refractivity contribution in [2.24, 2.45) is 0 Å². The largest absolute Gasteiger partial charge is 0.301 e. The minimum absolute atomic E-state index is 0.972. The van der Waals surface area contributed by atoms with Crippen LogP contribution in [0.3, 0.4) is 0 Å². The van der Waals surface area contributed by atoms with Crippen LogP contribution in [0.5, 0.6) is 0 Å². The van der Waals surface area contributed by atoms with Crippen molar-refractivity contribution in [3.63, 3.8) is 0 Å². The number of hydrogen-bond donors (Lipinski definition) is 0. The van der Waals surface area contributed by atoms with Gasteiger partial charge in [0.25, 0.3) is 0 Å². The monoisotopic (exact) mass is 155 g/mol. The van der Waals surface area contributed by atoms with E-state index in [0.29, 0.717) is 0 Å². The Kier molecular flexibility index (Phi) is 3.73. The summed E-state index contributed by atoms with van der Waals surface area (Å²) in [5, 5.41) is 0. The molecule has 11 heavy (non-hydrogen) atoms. The first-order chi connectivity index (χ1) is 5.36. The molecule has 64 valence electrons. The fraction of sp³-hybridized carbons (Fsp3) is 0.889. The molecule has 0 unspecified atom stereocenters. The zero-order chi connectivity index (χ0) is 8.10. The lowest BCUT2D eigenvalue weighted by atomic mass is 10.3. The summed E-state index contributed by atoms with van der Waals surface area (Å²) in [5.74, 6) is 0. The van der Waals surface area contributed by atoms with Crippen molar-refractivity contribution in [1.29, 1.82) is 0 Å². The molecule has 0 spiro atoms. The Bertz CT molecular complexity index is 95.7. The molecule has 0 saturated carbocycles. The molecule has 0 aliphatic carbocycles. The summed E-state index contributed by atoms with van der Waals surface area (Å²) < 4.78 is 0. The zero-order valence-electron chi connectivity index (χ0n) is 7.55. The summed E-state index contributed by atoms with van der Waals surface area (Å²) in [6.45, 7) is 13.3. The van der Waals surface area contributed by atoms with Gasteiger partial charge in [-0.2, -0.15) is 0 Å². The molecule has 0 radical (unpaired) electrons. The highest BCUT2D eigenvalue weighted by atomic mass is 15.3. The van der Waals surface area contributed by atoms with E-state index in [0.717, 1.165) is 6.54 Å².